The standard InChI is InChI=1S/C19H20N2O6/c1-26-15-4-3-5-16(27-2)18(15)19(24)20-13-8-6-12(7-9-13)14(21-25)10-11-17(22)23/h3-9,25H,10-11H2,1-2H3,(H,20,24)(H,22,23). The molecule has 142 valence electrons. The summed E-state index contributed by atoms with van der Waals surface area (Å²) in [4.78, 5) is 23.3. The third kappa shape index (κ3) is 4.97. The van der Waals surface area contributed by atoms with Gasteiger partial charge < -0.3 is 25.1 Å². The second kappa shape index (κ2) is 9.23. The Balaban J connectivity index is 2.17. The van der Waals surface area contributed by atoms with Crippen LogP contribution in [0.3, 0.4) is 0 Å². The molecule has 0 bridgehead atoms. The molecule has 0 radical (unpaired) electrons. The number of nitrogens with zero attached hydrogens (tertiary/aromatic N) is 1. The zero-order valence-corrected chi connectivity index (χ0v) is 14.9. The van der Waals surface area contributed by atoms with Gasteiger partial charge in [0.2, 0.25) is 0 Å². The molecule has 0 aliphatic carbocycles. The van der Waals surface area contributed by atoms with E-state index in [-0.39, 0.29) is 24.1 Å². The molecule has 0 saturated heterocycles. The molecule has 3 N–H and O–H groups in total. The smallest absolute Gasteiger partial charge is 0.303 e. The molecule has 8 nitrogen and oxygen atoms in total. The van der Waals surface area contributed by atoms with Gasteiger partial charge >= 0.3 is 5.97 Å². The van der Waals surface area contributed by atoms with E-state index in [0.717, 1.165) is 0 Å². The van der Waals surface area contributed by atoms with Crippen LogP contribution in [0.4, 0.5) is 5.69 Å². The Labute approximate surface area is 156 Å². The number of nitrogens with one attached hydrogen (secondary N) is 1. The highest BCUT2D eigenvalue weighted by Gasteiger charge is 2.18. The molecule has 0 aromatic heterocycles. The third-order valence-electron chi connectivity index (χ3n) is 3.83. The maximum atomic E-state index is 12.6. The fourth-order valence-electron chi connectivity index (χ4n) is 2.49. The van der Waals surface area contributed by atoms with E-state index >= 15 is 0 Å². The normalized spacial score (nSPS) is 11.0. The first-order chi connectivity index (χ1) is 13.0. The Morgan fingerprint density at radius 2 is 1.59 bits per heavy atom. The van der Waals surface area contributed by atoms with Gasteiger partial charge in [0.25, 0.3) is 5.91 Å². The van der Waals surface area contributed by atoms with Crippen LogP contribution in [-0.4, -0.2) is 42.1 Å². The molecule has 0 heterocycles. The van der Waals surface area contributed by atoms with E-state index in [9.17, 15) is 9.59 Å². The number of carbonyl (C=O) groups is 2. The van der Waals surface area contributed by atoms with Crippen molar-refractivity contribution in [2.24, 2.45) is 5.16 Å². The summed E-state index contributed by atoms with van der Waals surface area (Å²) < 4.78 is 10.5. The van der Waals surface area contributed by atoms with Crippen molar-refractivity contribution in [3.8, 4) is 11.5 Å². The first-order valence-corrected chi connectivity index (χ1v) is 8.05. The zero-order valence-electron chi connectivity index (χ0n) is 14.9. The van der Waals surface area contributed by atoms with Gasteiger partial charge in [0.05, 0.1) is 26.4 Å². The van der Waals surface area contributed by atoms with Crippen molar-refractivity contribution in [3.63, 3.8) is 0 Å². The van der Waals surface area contributed by atoms with Crippen LogP contribution < -0.4 is 14.8 Å². The lowest BCUT2D eigenvalue weighted by molar-refractivity contribution is -0.136. The summed E-state index contributed by atoms with van der Waals surface area (Å²) in [5, 5.41) is 23.7. The van der Waals surface area contributed by atoms with Gasteiger partial charge in [-0.25, -0.2) is 0 Å². The van der Waals surface area contributed by atoms with Gasteiger partial charge in [-0.15, -0.1) is 0 Å². The van der Waals surface area contributed by atoms with Crippen molar-refractivity contribution in [1.29, 1.82) is 0 Å². The molecule has 0 spiro atoms. The fourth-order valence-corrected chi connectivity index (χ4v) is 2.49. The van der Waals surface area contributed by atoms with Crippen LogP contribution in [0.25, 0.3) is 0 Å². The number of ether oxygens (including phenoxy) is 2. The molecule has 0 unspecified atom stereocenters. The van der Waals surface area contributed by atoms with E-state index in [2.05, 4.69) is 10.5 Å². The van der Waals surface area contributed by atoms with Gasteiger partial charge in [-0.2, -0.15) is 0 Å². The number of aliphatic carboxylic acids is 1. The van der Waals surface area contributed by atoms with E-state index < -0.39 is 11.9 Å². The first kappa shape index (κ1) is 19.8. The van der Waals surface area contributed by atoms with Crippen molar-refractivity contribution in [3.05, 3.63) is 53.6 Å². The summed E-state index contributed by atoms with van der Waals surface area (Å²) in [6.07, 6.45) is -0.0541. The first-order valence-electron chi connectivity index (χ1n) is 8.05. The molecule has 1 amide bonds. The van der Waals surface area contributed by atoms with Crippen molar-refractivity contribution in [2.75, 3.05) is 19.5 Å². The van der Waals surface area contributed by atoms with Crippen LogP contribution in [-0.2, 0) is 4.79 Å². The van der Waals surface area contributed by atoms with Crippen LogP contribution in [0, 0.1) is 0 Å². The molecule has 0 aliphatic heterocycles. The van der Waals surface area contributed by atoms with Gasteiger partial charge in [0, 0.05) is 12.1 Å². The van der Waals surface area contributed by atoms with Gasteiger partial charge in [-0.1, -0.05) is 23.4 Å². The van der Waals surface area contributed by atoms with Crippen LogP contribution in [0.1, 0.15) is 28.8 Å². The van der Waals surface area contributed by atoms with Gasteiger partial charge in [0.15, 0.2) is 0 Å². The number of amides is 1. The van der Waals surface area contributed by atoms with E-state index in [1.807, 2.05) is 0 Å². The summed E-state index contributed by atoms with van der Waals surface area (Å²) in [7, 11) is 2.93. The minimum atomic E-state index is -0.981. The third-order valence-corrected chi connectivity index (χ3v) is 3.83. The number of benzene rings is 2. The highest BCUT2D eigenvalue weighted by atomic mass is 16.5. The lowest BCUT2D eigenvalue weighted by Gasteiger charge is -2.13. The molecule has 2 aromatic rings. The molecular weight excluding hydrogens is 352 g/mol. The lowest BCUT2D eigenvalue weighted by Crippen LogP contribution is -2.14. The number of oxime groups is 1. The number of hydrogen-bond donors (Lipinski definition) is 3. The van der Waals surface area contributed by atoms with Crippen molar-refractivity contribution in [1.82, 2.24) is 0 Å². The van der Waals surface area contributed by atoms with Gasteiger partial charge in [0.1, 0.15) is 17.1 Å². The molecule has 0 aliphatic rings. The SMILES string of the molecule is COc1cccc(OC)c1C(=O)Nc1ccc(C(CCC(=O)O)=NO)cc1. The Morgan fingerprint density at radius 3 is 2.07 bits per heavy atom. The van der Waals surface area contributed by atoms with Crippen molar-refractivity contribution in [2.45, 2.75) is 12.8 Å². The number of carboxylic acids is 1. The lowest BCUT2D eigenvalue weighted by atomic mass is 10.1. The summed E-state index contributed by atoms with van der Waals surface area (Å²) in [6.45, 7) is 0. The maximum Gasteiger partial charge on any atom is 0.303 e. The van der Waals surface area contributed by atoms with Crippen molar-refractivity contribution >= 4 is 23.3 Å². The van der Waals surface area contributed by atoms with Gasteiger partial charge in [-0.3, -0.25) is 9.59 Å². The van der Waals surface area contributed by atoms with Crippen LogP contribution in [0.5, 0.6) is 11.5 Å². The summed E-state index contributed by atoms with van der Waals surface area (Å²) in [5.74, 6) is -0.622. The Hall–Kier alpha value is -3.55. The quantitative estimate of drug-likeness (QED) is 0.372. The van der Waals surface area contributed by atoms with E-state index in [1.165, 1.54) is 14.2 Å². The predicted octanol–water partition coefficient (Wildman–Crippen LogP) is 3.00. The molecule has 2 aromatic carbocycles. The average Bonchev–Trinajstić information content (AvgIpc) is 2.68. The van der Waals surface area contributed by atoms with Crippen molar-refractivity contribution < 1.29 is 29.4 Å². The monoisotopic (exact) mass is 372 g/mol. The number of carbonyl (C=O) groups excluding carboxylic acids is 1. The Kier molecular flexibility index (Phi) is 6.76. The molecular formula is C19H20N2O6. The fraction of sp³-hybridized carbons (Fsp3) is 0.211. The van der Waals surface area contributed by atoms with Crippen LogP contribution in [0.15, 0.2) is 47.6 Å². The number of hydrogen-bond acceptors (Lipinski definition) is 6. The number of anilines is 1. The molecule has 8 heteroatoms. The average molecular weight is 372 g/mol. The minimum absolute atomic E-state index is 0.0932. The van der Waals surface area contributed by atoms with Crippen LogP contribution >= 0.6 is 0 Å². The largest absolute Gasteiger partial charge is 0.496 e. The highest BCUT2D eigenvalue weighted by Crippen LogP contribution is 2.29. The molecule has 0 atom stereocenters. The second-order valence-corrected chi connectivity index (χ2v) is 5.51. The molecule has 27 heavy (non-hydrogen) atoms. The molecule has 2 rings (SSSR count). The Bertz CT molecular complexity index is 824. The zero-order chi connectivity index (χ0) is 19.8. The minimum Gasteiger partial charge on any atom is -0.496 e. The summed E-state index contributed by atoms with van der Waals surface area (Å²) in [6, 6.07) is 11.6. The summed E-state index contributed by atoms with van der Waals surface area (Å²) >= 11 is 0. The summed E-state index contributed by atoms with van der Waals surface area (Å²) in [5.41, 5.74) is 1.59. The predicted molar refractivity (Wildman–Crippen MR) is 99.1 cm³/mol. The van der Waals surface area contributed by atoms with Crippen LogP contribution in [0.2, 0.25) is 0 Å². The Morgan fingerprint density at radius 1 is 1.00 bits per heavy atom. The van der Waals surface area contributed by atoms with E-state index in [0.29, 0.717) is 22.7 Å². The van der Waals surface area contributed by atoms with E-state index in [1.54, 1.807) is 42.5 Å². The number of carboxylic acid groups (broad SMARTS) is 1. The maximum absolute atomic E-state index is 12.6. The van der Waals surface area contributed by atoms with E-state index in [4.69, 9.17) is 19.8 Å². The second-order valence-electron chi connectivity index (χ2n) is 5.51. The topological polar surface area (TPSA) is 117 Å². The van der Waals surface area contributed by atoms with Gasteiger partial charge in [-0.05, 0) is 29.8 Å². The highest BCUT2D eigenvalue weighted by molar-refractivity contribution is 6.08. The number of methoxy groups -OCH3 is 2. The molecule has 0 fully saturated rings. The molecule has 0 saturated carbocycles. The number of rotatable bonds is 8.